The van der Waals surface area contributed by atoms with Gasteiger partial charge in [-0.2, -0.15) is 0 Å². The van der Waals surface area contributed by atoms with Crippen LogP contribution in [0.15, 0.2) is 48.5 Å². The van der Waals surface area contributed by atoms with Crippen molar-refractivity contribution in [1.82, 2.24) is 0 Å². The SMILES string of the molecule is CCOC(=O)[C@H](C)Nc1ccc(Oc2cccc(N(C)C)c2)cc1. The molecule has 128 valence electrons. The molecule has 1 atom stereocenters. The minimum Gasteiger partial charge on any atom is -0.464 e. The second-order valence-corrected chi connectivity index (χ2v) is 5.64. The number of carbonyl (C=O) groups excluding carboxylic acids is 1. The lowest BCUT2D eigenvalue weighted by Crippen LogP contribution is -2.28. The molecule has 0 unspecified atom stereocenters. The maximum Gasteiger partial charge on any atom is 0.328 e. The lowest BCUT2D eigenvalue weighted by Gasteiger charge is -2.15. The number of nitrogens with one attached hydrogen (secondary N) is 1. The van der Waals surface area contributed by atoms with Crippen LogP contribution < -0.4 is 15.0 Å². The van der Waals surface area contributed by atoms with Gasteiger partial charge in [0.2, 0.25) is 0 Å². The van der Waals surface area contributed by atoms with Gasteiger partial charge in [-0.3, -0.25) is 0 Å². The summed E-state index contributed by atoms with van der Waals surface area (Å²) in [5, 5.41) is 3.10. The molecule has 2 aromatic carbocycles. The molecule has 2 aromatic rings. The predicted octanol–water partition coefficient (Wildman–Crippen LogP) is 3.91. The fourth-order valence-electron chi connectivity index (χ4n) is 2.16. The molecule has 0 aromatic heterocycles. The molecule has 0 saturated heterocycles. The van der Waals surface area contributed by atoms with E-state index in [-0.39, 0.29) is 5.97 Å². The van der Waals surface area contributed by atoms with Gasteiger partial charge in [0, 0.05) is 31.5 Å². The first-order valence-electron chi connectivity index (χ1n) is 7.98. The minimum absolute atomic E-state index is 0.265. The van der Waals surface area contributed by atoms with E-state index in [0.717, 1.165) is 22.9 Å². The summed E-state index contributed by atoms with van der Waals surface area (Å²) < 4.78 is 10.8. The summed E-state index contributed by atoms with van der Waals surface area (Å²) in [7, 11) is 3.98. The van der Waals surface area contributed by atoms with Crippen molar-refractivity contribution in [1.29, 1.82) is 0 Å². The highest BCUT2D eigenvalue weighted by Crippen LogP contribution is 2.26. The third-order valence-electron chi connectivity index (χ3n) is 3.45. The summed E-state index contributed by atoms with van der Waals surface area (Å²) in [5.41, 5.74) is 1.92. The molecular formula is C19H24N2O3. The van der Waals surface area contributed by atoms with Gasteiger partial charge < -0.3 is 19.7 Å². The van der Waals surface area contributed by atoms with Gasteiger partial charge in [-0.15, -0.1) is 0 Å². The molecule has 0 radical (unpaired) electrons. The summed E-state index contributed by atoms with van der Waals surface area (Å²) in [5.74, 6) is 1.25. The summed E-state index contributed by atoms with van der Waals surface area (Å²) in [6.45, 7) is 3.95. The molecule has 0 heterocycles. The van der Waals surface area contributed by atoms with Crippen molar-refractivity contribution < 1.29 is 14.3 Å². The zero-order valence-electron chi connectivity index (χ0n) is 14.6. The zero-order chi connectivity index (χ0) is 17.5. The second-order valence-electron chi connectivity index (χ2n) is 5.64. The van der Waals surface area contributed by atoms with E-state index in [0.29, 0.717) is 6.61 Å². The van der Waals surface area contributed by atoms with E-state index in [9.17, 15) is 4.79 Å². The zero-order valence-corrected chi connectivity index (χ0v) is 14.6. The van der Waals surface area contributed by atoms with Crippen molar-refractivity contribution in [3.63, 3.8) is 0 Å². The Balaban J connectivity index is 1.99. The van der Waals surface area contributed by atoms with Crippen LogP contribution in [0.2, 0.25) is 0 Å². The molecule has 0 saturated carbocycles. The molecule has 24 heavy (non-hydrogen) atoms. The number of benzene rings is 2. The summed E-state index contributed by atoms with van der Waals surface area (Å²) in [6, 6.07) is 15.0. The Labute approximate surface area is 143 Å². The smallest absolute Gasteiger partial charge is 0.328 e. The second kappa shape index (κ2) is 8.24. The van der Waals surface area contributed by atoms with E-state index >= 15 is 0 Å². The van der Waals surface area contributed by atoms with Crippen LogP contribution in [-0.2, 0) is 9.53 Å². The van der Waals surface area contributed by atoms with Crippen LogP contribution in [0.5, 0.6) is 11.5 Å². The number of carbonyl (C=O) groups is 1. The first-order valence-corrected chi connectivity index (χ1v) is 7.98. The van der Waals surface area contributed by atoms with Crippen molar-refractivity contribution >= 4 is 17.3 Å². The number of hydrogen-bond donors (Lipinski definition) is 1. The highest BCUT2D eigenvalue weighted by Gasteiger charge is 2.13. The maximum absolute atomic E-state index is 11.6. The lowest BCUT2D eigenvalue weighted by molar-refractivity contribution is -0.143. The number of rotatable bonds is 7. The molecule has 0 fully saturated rings. The Morgan fingerprint density at radius 2 is 1.83 bits per heavy atom. The first-order chi connectivity index (χ1) is 11.5. The van der Waals surface area contributed by atoms with Gasteiger partial charge in [-0.25, -0.2) is 4.79 Å². The fourth-order valence-corrected chi connectivity index (χ4v) is 2.16. The van der Waals surface area contributed by atoms with E-state index in [1.54, 1.807) is 13.8 Å². The summed E-state index contributed by atoms with van der Waals surface area (Å²) >= 11 is 0. The van der Waals surface area contributed by atoms with Crippen LogP contribution in [0, 0.1) is 0 Å². The molecule has 0 aliphatic heterocycles. The molecule has 0 amide bonds. The van der Waals surface area contributed by atoms with Crippen molar-refractivity contribution in [3.05, 3.63) is 48.5 Å². The van der Waals surface area contributed by atoms with Gasteiger partial charge >= 0.3 is 5.97 Å². The Morgan fingerprint density at radius 3 is 2.46 bits per heavy atom. The highest BCUT2D eigenvalue weighted by atomic mass is 16.5. The topological polar surface area (TPSA) is 50.8 Å². The Hall–Kier alpha value is -2.69. The van der Waals surface area contributed by atoms with Gasteiger partial charge in [-0.05, 0) is 50.2 Å². The monoisotopic (exact) mass is 328 g/mol. The van der Waals surface area contributed by atoms with Crippen LogP contribution in [0.3, 0.4) is 0 Å². The fraction of sp³-hybridized carbons (Fsp3) is 0.316. The number of nitrogens with zero attached hydrogens (tertiary/aromatic N) is 1. The number of esters is 1. The summed E-state index contributed by atoms with van der Waals surface area (Å²) in [4.78, 5) is 13.7. The van der Waals surface area contributed by atoms with Crippen LogP contribution in [-0.4, -0.2) is 32.7 Å². The van der Waals surface area contributed by atoms with Gasteiger partial charge in [0.05, 0.1) is 6.61 Å². The van der Waals surface area contributed by atoms with Crippen molar-refractivity contribution in [2.75, 3.05) is 30.9 Å². The molecule has 0 aliphatic rings. The van der Waals surface area contributed by atoms with Crippen LogP contribution in [0.4, 0.5) is 11.4 Å². The van der Waals surface area contributed by atoms with Gasteiger partial charge in [0.1, 0.15) is 17.5 Å². The van der Waals surface area contributed by atoms with Crippen molar-refractivity contribution in [2.45, 2.75) is 19.9 Å². The third kappa shape index (κ3) is 4.91. The van der Waals surface area contributed by atoms with E-state index in [4.69, 9.17) is 9.47 Å². The highest BCUT2D eigenvalue weighted by molar-refractivity contribution is 5.78. The average molecular weight is 328 g/mol. The predicted molar refractivity (Wildman–Crippen MR) is 97.0 cm³/mol. The normalized spacial score (nSPS) is 11.5. The summed E-state index contributed by atoms with van der Waals surface area (Å²) in [6.07, 6.45) is 0. The van der Waals surface area contributed by atoms with Crippen molar-refractivity contribution in [2.24, 2.45) is 0 Å². The molecule has 5 nitrogen and oxygen atoms in total. The molecule has 0 spiro atoms. The van der Waals surface area contributed by atoms with Gasteiger partial charge in [0.15, 0.2) is 0 Å². The molecule has 0 aliphatic carbocycles. The molecule has 2 rings (SSSR count). The van der Waals surface area contributed by atoms with Crippen LogP contribution in [0.25, 0.3) is 0 Å². The van der Waals surface area contributed by atoms with E-state index in [1.807, 2.05) is 67.5 Å². The maximum atomic E-state index is 11.6. The Bertz CT molecular complexity index is 669. The molecule has 0 bridgehead atoms. The third-order valence-corrected chi connectivity index (χ3v) is 3.45. The van der Waals surface area contributed by atoms with E-state index in [2.05, 4.69) is 5.32 Å². The molecular weight excluding hydrogens is 304 g/mol. The van der Waals surface area contributed by atoms with Crippen LogP contribution >= 0.6 is 0 Å². The van der Waals surface area contributed by atoms with Crippen molar-refractivity contribution in [3.8, 4) is 11.5 Å². The molecule has 1 N–H and O–H groups in total. The quantitative estimate of drug-likeness (QED) is 0.781. The largest absolute Gasteiger partial charge is 0.464 e. The van der Waals surface area contributed by atoms with E-state index in [1.165, 1.54) is 0 Å². The van der Waals surface area contributed by atoms with E-state index < -0.39 is 6.04 Å². The first kappa shape index (κ1) is 17.7. The molecule has 5 heteroatoms. The van der Waals surface area contributed by atoms with Gasteiger partial charge in [-0.1, -0.05) is 6.07 Å². The minimum atomic E-state index is -0.395. The number of anilines is 2. The number of ether oxygens (including phenoxy) is 2. The standard InChI is InChI=1S/C19H24N2O3/c1-5-23-19(22)14(2)20-15-9-11-17(12-10-15)24-18-8-6-7-16(13-18)21(3)4/h6-14,20H,5H2,1-4H3/t14-/m0/s1. The average Bonchev–Trinajstić information content (AvgIpc) is 2.57. The lowest BCUT2D eigenvalue weighted by atomic mass is 10.2. The Morgan fingerprint density at radius 1 is 1.12 bits per heavy atom. The van der Waals surface area contributed by atoms with Gasteiger partial charge in [0.25, 0.3) is 0 Å². The van der Waals surface area contributed by atoms with Crippen LogP contribution in [0.1, 0.15) is 13.8 Å². The number of hydrogen-bond acceptors (Lipinski definition) is 5. The Kier molecular flexibility index (Phi) is 6.07.